The first-order valence-electron chi connectivity index (χ1n) is 5.43. The minimum Gasteiger partial charge on any atom is -0.339 e. The number of carbonyl (C=O) groups is 1. The van der Waals surface area contributed by atoms with Gasteiger partial charge in [-0.3, -0.25) is 4.79 Å². The van der Waals surface area contributed by atoms with Gasteiger partial charge in [0.1, 0.15) is 10.7 Å². The predicted molar refractivity (Wildman–Crippen MR) is 64.6 cm³/mol. The molecule has 1 amide bonds. The molecule has 4 nitrogen and oxygen atoms in total. The van der Waals surface area contributed by atoms with Crippen LogP contribution in [0.5, 0.6) is 0 Å². The predicted octanol–water partition coefficient (Wildman–Crippen LogP) is 1.99. The van der Waals surface area contributed by atoms with Crippen LogP contribution in [0.2, 0.25) is 0 Å². The van der Waals surface area contributed by atoms with Gasteiger partial charge in [-0.05, 0) is 31.0 Å². The first-order valence-corrected chi connectivity index (χ1v) is 7.74. The number of rotatable bonds is 2. The molecule has 0 radical (unpaired) electrons. The largest absolute Gasteiger partial charge is 0.339 e. The molecule has 0 unspecified atom stereocenters. The Kier molecular flexibility index (Phi) is 3.59. The van der Waals surface area contributed by atoms with E-state index >= 15 is 0 Å². The molecule has 1 saturated heterocycles. The fourth-order valence-corrected chi connectivity index (χ4v) is 2.85. The lowest BCUT2D eigenvalue weighted by Crippen LogP contribution is -2.27. The van der Waals surface area contributed by atoms with Gasteiger partial charge in [-0.2, -0.15) is 0 Å². The van der Waals surface area contributed by atoms with Crippen LogP contribution in [-0.2, 0) is 9.05 Å². The molecular weight excluding hydrogens is 281 g/mol. The number of carbonyl (C=O) groups excluding carboxylic acids is 1. The van der Waals surface area contributed by atoms with Gasteiger partial charge in [-0.15, -0.1) is 0 Å². The Morgan fingerprint density at radius 3 is 2.44 bits per heavy atom. The molecule has 0 N–H and O–H groups in total. The van der Waals surface area contributed by atoms with Gasteiger partial charge in [0.2, 0.25) is 0 Å². The second kappa shape index (κ2) is 4.85. The fourth-order valence-electron chi connectivity index (χ4n) is 1.93. The second-order valence-electron chi connectivity index (χ2n) is 4.08. The van der Waals surface area contributed by atoms with Crippen molar-refractivity contribution in [3.63, 3.8) is 0 Å². The van der Waals surface area contributed by atoms with E-state index < -0.39 is 19.8 Å². The van der Waals surface area contributed by atoms with Gasteiger partial charge in [-0.1, -0.05) is 0 Å². The Bertz CT molecular complexity index is 582. The van der Waals surface area contributed by atoms with Crippen molar-refractivity contribution in [2.45, 2.75) is 17.7 Å². The lowest BCUT2D eigenvalue weighted by atomic mass is 10.2. The molecule has 0 spiro atoms. The molecule has 0 aromatic heterocycles. The van der Waals surface area contributed by atoms with E-state index in [0.717, 1.165) is 25.0 Å². The molecule has 1 aromatic carbocycles. The van der Waals surface area contributed by atoms with Crippen LogP contribution >= 0.6 is 10.7 Å². The van der Waals surface area contributed by atoms with Crippen molar-refractivity contribution < 1.29 is 17.6 Å². The summed E-state index contributed by atoms with van der Waals surface area (Å²) < 4.78 is 35.6. The summed E-state index contributed by atoms with van der Waals surface area (Å²) in [4.78, 5) is 13.0. The van der Waals surface area contributed by atoms with Crippen LogP contribution in [0.25, 0.3) is 0 Å². The van der Waals surface area contributed by atoms with Crippen molar-refractivity contribution in [3.05, 3.63) is 29.6 Å². The van der Waals surface area contributed by atoms with Crippen molar-refractivity contribution in [2.75, 3.05) is 13.1 Å². The summed E-state index contributed by atoms with van der Waals surface area (Å²) in [6.45, 7) is 1.28. The van der Waals surface area contributed by atoms with Crippen LogP contribution in [0.4, 0.5) is 4.39 Å². The summed E-state index contributed by atoms with van der Waals surface area (Å²) in [7, 11) is 0.921. The molecule has 1 aromatic rings. The normalized spacial score (nSPS) is 16.0. The lowest BCUT2D eigenvalue weighted by molar-refractivity contribution is 0.0792. The quantitative estimate of drug-likeness (QED) is 0.783. The van der Waals surface area contributed by atoms with Gasteiger partial charge >= 0.3 is 0 Å². The van der Waals surface area contributed by atoms with Crippen LogP contribution in [0.15, 0.2) is 23.1 Å². The van der Waals surface area contributed by atoms with Crippen LogP contribution < -0.4 is 0 Å². The third-order valence-corrected chi connectivity index (χ3v) is 4.17. The van der Waals surface area contributed by atoms with Gasteiger partial charge in [-0.25, -0.2) is 12.8 Å². The highest BCUT2D eigenvalue weighted by Gasteiger charge is 2.23. The van der Waals surface area contributed by atoms with E-state index in [1.54, 1.807) is 4.90 Å². The molecule has 1 fully saturated rings. The monoisotopic (exact) mass is 291 g/mol. The molecule has 1 aliphatic heterocycles. The smallest absolute Gasteiger partial charge is 0.264 e. The second-order valence-corrected chi connectivity index (χ2v) is 6.62. The van der Waals surface area contributed by atoms with E-state index in [1.807, 2.05) is 0 Å². The molecule has 0 atom stereocenters. The number of halogens is 2. The maximum Gasteiger partial charge on any atom is 0.264 e. The van der Waals surface area contributed by atoms with Crippen molar-refractivity contribution in [3.8, 4) is 0 Å². The molecule has 2 rings (SSSR count). The lowest BCUT2D eigenvalue weighted by Gasteiger charge is -2.15. The molecule has 0 saturated carbocycles. The fraction of sp³-hybridized carbons (Fsp3) is 0.364. The van der Waals surface area contributed by atoms with Gasteiger partial charge < -0.3 is 4.90 Å². The minimum atomic E-state index is -4.19. The Balaban J connectivity index is 2.38. The van der Waals surface area contributed by atoms with Crippen molar-refractivity contribution in [2.24, 2.45) is 0 Å². The Morgan fingerprint density at radius 2 is 1.89 bits per heavy atom. The average molecular weight is 292 g/mol. The van der Waals surface area contributed by atoms with E-state index in [9.17, 15) is 17.6 Å². The Labute approximate surface area is 109 Å². The summed E-state index contributed by atoms with van der Waals surface area (Å²) in [5, 5.41) is 0. The van der Waals surface area contributed by atoms with E-state index in [-0.39, 0.29) is 11.5 Å². The summed E-state index contributed by atoms with van der Waals surface area (Å²) in [6.07, 6.45) is 1.85. The van der Waals surface area contributed by atoms with Crippen LogP contribution in [-0.4, -0.2) is 32.3 Å². The highest BCUT2D eigenvalue weighted by atomic mass is 35.7. The zero-order chi connectivity index (χ0) is 13.3. The Hall–Kier alpha value is -1.14. The summed E-state index contributed by atoms with van der Waals surface area (Å²) in [5.74, 6) is -1.25. The first-order chi connectivity index (χ1) is 8.39. The number of likely N-dealkylation sites (tertiary alicyclic amines) is 1. The number of nitrogens with zero attached hydrogens (tertiary/aromatic N) is 1. The van der Waals surface area contributed by atoms with Gasteiger partial charge in [0.05, 0.1) is 0 Å². The van der Waals surface area contributed by atoms with Crippen molar-refractivity contribution >= 4 is 25.6 Å². The van der Waals surface area contributed by atoms with E-state index in [1.165, 1.54) is 6.07 Å². The van der Waals surface area contributed by atoms with Crippen LogP contribution in [0.3, 0.4) is 0 Å². The minimum absolute atomic E-state index is 0.137. The zero-order valence-electron chi connectivity index (χ0n) is 9.40. The highest BCUT2D eigenvalue weighted by molar-refractivity contribution is 8.13. The van der Waals surface area contributed by atoms with E-state index in [0.29, 0.717) is 13.1 Å². The van der Waals surface area contributed by atoms with Crippen molar-refractivity contribution in [1.29, 1.82) is 0 Å². The van der Waals surface area contributed by atoms with Crippen LogP contribution in [0, 0.1) is 5.82 Å². The summed E-state index contributed by atoms with van der Waals surface area (Å²) in [5.41, 5.74) is 0.137. The maximum absolute atomic E-state index is 13.3. The SMILES string of the molecule is O=C(c1ccc(F)c(S(=O)(=O)Cl)c1)N1CCCC1. The molecule has 0 bridgehead atoms. The molecule has 18 heavy (non-hydrogen) atoms. The number of hydrogen-bond donors (Lipinski definition) is 0. The highest BCUT2D eigenvalue weighted by Crippen LogP contribution is 2.22. The number of hydrogen-bond acceptors (Lipinski definition) is 3. The molecule has 0 aliphatic carbocycles. The first kappa shape index (κ1) is 13.3. The summed E-state index contributed by atoms with van der Waals surface area (Å²) >= 11 is 0. The number of benzene rings is 1. The van der Waals surface area contributed by atoms with E-state index in [2.05, 4.69) is 0 Å². The average Bonchev–Trinajstić information content (AvgIpc) is 2.80. The third-order valence-electron chi connectivity index (χ3n) is 2.83. The summed E-state index contributed by atoms with van der Waals surface area (Å²) in [6, 6.07) is 3.19. The molecule has 7 heteroatoms. The molecule has 1 heterocycles. The van der Waals surface area contributed by atoms with Gasteiger partial charge in [0, 0.05) is 29.3 Å². The zero-order valence-corrected chi connectivity index (χ0v) is 11.0. The molecular formula is C11H11ClFNO3S. The third kappa shape index (κ3) is 2.64. The molecule has 98 valence electrons. The standard InChI is InChI=1S/C11H11ClFNO3S/c12-18(16,17)10-7-8(3-4-9(10)13)11(15)14-5-1-2-6-14/h3-4,7H,1-2,5-6H2. The maximum atomic E-state index is 13.3. The topological polar surface area (TPSA) is 54.5 Å². The van der Waals surface area contributed by atoms with Crippen molar-refractivity contribution in [1.82, 2.24) is 4.90 Å². The molecule has 1 aliphatic rings. The van der Waals surface area contributed by atoms with Crippen LogP contribution in [0.1, 0.15) is 23.2 Å². The van der Waals surface area contributed by atoms with Gasteiger partial charge in [0.15, 0.2) is 0 Å². The Morgan fingerprint density at radius 1 is 1.28 bits per heavy atom. The van der Waals surface area contributed by atoms with Gasteiger partial charge in [0.25, 0.3) is 15.0 Å². The number of amides is 1. The van der Waals surface area contributed by atoms with E-state index in [4.69, 9.17) is 10.7 Å².